The minimum absolute atomic E-state index is 0.206. The fourth-order valence-electron chi connectivity index (χ4n) is 3.62. The molecular formula is C25H22FNO2S. The largest absolute Gasteiger partial charge is 0.492 e. The van der Waals surface area contributed by atoms with E-state index >= 15 is 0 Å². The van der Waals surface area contributed by atoms with Crippen LogP contribution in [0.4, 0.5) is 10.1 Å². The monoisotopic (exact) mass is 419 g/mol. The van der Waals surface area contributed by atoms with Crippen molar-refractivity contribution in [2.24, 2.45) is 0 Å². The number of carbonyl (C=O) groups is 1. The van der Waals surface area contributed by atoms with Gasteiger partial charge in [-0.25, -0.2) is 4.39 Å². The topological polar surface area (TPSA) is 38.3 Å². The van der Waals surface area contributed by atoms with Gasteiger partial charge in [-0.15, -0.1) is 11.8 Å². The van der Waals surface area contributed by atoms with Gasteiger partial charge < -0.3 is 10.1 Å². The third-order valence-electron chi connectivity index (χ3n) is 5.02. The van der Waals surface area contributed by atoms with Crippen LogP contribution in [0.25, 0.3) is 11.6 Å². The highest BCUT2D eigenvalue weighted by molar-refractivity contribution is 8.00. The van der Waals surface area contributed by atoms with Gasteiger partial charge in [-0.2, -0.15) is 0 Å². The molecule has 30 heavy (non-hydrogen) atoms. The second kappa shape index (κ2) is 8.76. The van der Waals surface area contributed by atoms with Crippen LogP contribution in [0.15, 0.2) is 65.6 Å². The quantitative estimate of drug-likeness (QED) is 0.464. The molecule has 1 N–H and O–H groups in total. The summed E-state index contributed by atoms with van der Waals surface area (Å²) in [5, 5.41) is 2.51. The highest BCUT2D eigenvalue weighted by Gasteiger charge is 2.27. The number of halogens is 1. The molecule has 0 spiro atoms. The Morgan fingerprint density at radius 2 is 1.97 bits per heavy atom. The highest BCUT2D eigenvalue weighted by Crippen LogP contribution is 2.51. The lowest BCUT2D eigenvalue weighted by Gasteiger charge is -2.27. The lowest BCUT2D eigenvalue weighted by molar-refractivity contribution is -0.105. The third-order valence-corrected chi connectivity index (χ3v) is 6.37. The average molecular weight is 420 g/mol. The van der Waals surface area contributed by atoms with E-state index in [2.05, 4.69) is 36.5 Å². The van der Waals surface area contributed by atoms with E-state index in [9.17, 15) is 9.18 Å². The molecule has 1 atom stereocenters. The van der Waals surface area contributed by atoms with Gasteiger partial charge in [0.1, 0.15) is 11.6 Å². The van der Waals surface area contributed by atoms with Gasteiger partial charge in [-0.05, 0) is 66.5 Å². The molecule has 1 heterocycles. The first-order valence-electron chi connectivity index (χ1n) is 9.81. The molecule has 5 heteroatoms. The molecule has 0 aliphatic carbocycles. The van der Waals surface area contributed by atoms with E-state index in [0.29, 0.717) is 30.0 Å². The molecular weight excluding hydrogens is 397 g/mol. The first-order chi connectivity index (χ1) is 14.6. The first-order valence-corrected chi connectivity index (χ1v) is 10.7. The summed E-state index contributed by atoms with van der Waals surface area (Å²) in [6, 6.07) is 18.9. The maximum atomic E-state index is 14.8. The number of nitrogens with one attached hydrogen (secondary N) is 1. The Kier molecular flexibility index (Phi) is 5.91. The normalized spacial score (nSPS) is 15.2. The second-order valence-corrected chi connectivity index (χ2v) is 8.21. The summed E-state index contributed by atoms with van der Waals surface area (Å²) < 4.78 is 20.4. The summed E-state index contributed by atoms with van der Waals surface area (Å²) in [6.45, 7) is 4.45. The van der Waals surface area contributed by atoms with Gasteiger partial charge in [0.25, 0.3) is 0 Å². The summed E-state index contributed by atoms with van der Waals surface area (Å²) in [5.74, 6) is 0.380. The molecule has 1 amide bonds. The number of ether oxygens (including phenoxy) is 1. The van der Waals surface area contributed by atoms with Crippen LogP contribution in [0.1, 0.15) is 34.4 Å². The van der Waals surface area contributed by atoms with Crippen molar-refractivity contribution in [1.82, 2.24) is 0 Å². The van der Waals surface area contributed by atoms with Crippen LogP contribution in [0.5, 0.6) is 5.75 Å². The third kappa shape index (κ3) is 3.98. The lowest BCUT2D eigenvalue weighted by atomic mass is 9.94. The van der Waals surface area contributed by atoms with Crippen LogP contribution < -0.4 is 10.1 Å². The van der Waals surface area contributed by atoms with E-state index in [1.165, 1.54) is 11.6 Å². The Morgan fingerprint density at radius 1 is 1.13 bits per heavy atom. The number of rotatable bonds is 6. The van der Waals surface area contributed by atoms with E-state index in [-0.39, 0.29) is 11.1 Å². The smallest absolute Gasteiger partial charge is 0.211 e. The molecule has 0 aromatic heterocycles. The van der Waals surface area contributed by atoms with E-state index in [1.807, 2.05) is 37.3 Å². The van der Waals surface area contributed by atoms with Crippen LogP contribution in [0, 0.1) is 12.7 Å². The van der Waals surface area contributed by atoms with E-state index in [0.717, 1.165) is 21.6 Å². The predicted molar refractivity (Wildman–Crippen MR) is 121 cm³/mol. The SMILES string of the molecule is CCOc1ccc(C2=Cc3ccc(C)cc3SC2c2ccccc2F)cc1NC=O. The molecule has 1 aliphatic heterocycles. The van der Waals surface area contributed by atoms with Gasteiger partial charge >= 0.3 is 0 Å². The highest BCUT2D eigenvalue weighted by atomic mass is 32.2. The zero-order chi connectivity index (χ0) is 21.1. The number of amides is 1. The Hall–Kier alpha value is -3.05. The summed E-state index contributed by atoms with van der Waals surface area (Å²) in [4.78, 5) is 12.2. The minimum Gasteiger partial charge on any atom is -0.492 e. The summed E-state index contributed by atoms with van der Waals surface area (Å²) in [6.07, 6.45) is 2.75. The number of hydrogen-bond donors (Lipinski definition) is 1. The molecule has 3 aromatic carbocycles. The molecule has 0 radical (unpaired) electrons. The number of fused-ring (bicyclic) bond motifs is 1. The molecule has 0 bridgehead atoms. The maximum Gasteiger partial charge on any atom is 0.211 e. The predicted octanol–water partition coefficient (Wildman–Crippen LogP) is 6.49. The van der Waals surface area contributed by atoms with Crippen molar-refractivity contribution in [2.75, 3.05) is 11.9 Å². The number of thioether (sulfide) groups is 1. The summed E-state index contributed by atoms with van der Waals surface area (Å²) >= 11 is 1.65. The Labute approximate surface area is 180 Å². The molecule has 3 nitrogen and oxygen atoms in total. The van der Waals surface area contributed by atoms with Crippen molar-refractivity contribution < 1.29 is 13.9 Å². The second-order valence-electron chi connectivity index (χ2n) is 7.07. The van der Waals surface area contributed by atoms with Crippen LogP contribution in [-0.2, 0) is 4.79 Å². The number of aryl methyl sites for hydroxylation is 1. The van der Waals surface area contributed by atoms with Crippen molar-refractivity contribution in [3.8, 4) is 5.75 Å². The van der Waals surface area contributed by atoms with Crippen molar-refractivity contribution in [3.05, 3.63) is 88.7 Å². The van der Waals surface area contributed by atoms with Gasteiger partial charge in [0, 0.05) is 10.5 Å². The molecule has 0 fully saturated rings. The maximum absolute atomic E-state index is 14.8. The lowest BCUT2D eigenvalue weighted by Crippen LogP contribution is -2.07. The molecule has 152 valence electrons. The van der Waals surface area contributed by atoms with Gasteiger partial charge in [-0.1, -0.05) is 36.4 Å². The standard InChI is InChI=1S/C25H22FNO2S/c1-3-29-23-11-10-17(14-22(23)27-15-28)20-13-18-9-8-16(2)12-24(18)30-25(20)19-6-4-5-7-21(19)26/h4-15,25H,3H2,1-2H3,(H,27,28). The minimum atomic E-state index is -0.228. The first kappa shape index (κ1) is 20.2. The van der Waals surface area contributed by atoms with E-state index in [1.54, 1.807) is 17.8 Å². The Balaban J connectivity index is 1.87. The van der Waals surface area contributed by atoms with Crippen molar-refractivity contribution in [2.45, 2.75) is 24.0 Å². The van der Waals surface area contributed by atoms with Crippen molar-refractivity contribution in [3.63, 3.8) is 0 Å². The number of anilines is 1. The molecule has 4 rings (SSSR count). The fraction of sp³-hybridized carbons (Fsp3) is 0.160. The zero-order valence-corrected chi connectivity index (χ0v) is 17.6. The van der Waals surface area contributed by atoms with Crippen LogP contribution in [-0.4, -0.2) is 13.0 Å². The molecule has 3 aromatic rings. The van der Waals surface area contributed by atoms with Gasteiger partial charge in [0.15, 0.2) is 0 Å². The molecule has 1 aliphatic rings. The molecule has 0 saturated heterocycles. The van der Waals surface area contributed by atoms with E-state index in [4.69, 9.17) is 4.74 Å². The number of benzene rings is 3. The summed E-state index contributed by atoms with van der Waals surface area (Å²) in [5.41, 5.74) is 5.40. The average Bonchev–Trinajstić information content (AvgIpc) is 2.75. The van der Waals surface area contributed by atoms with Gasteiger partial charge in [-0.3, -0.25) is 4.79 Å². The van der Waals surface area contributed by atoms with E-state index < -0.39 is 0 Å². The van der Waals surface area contributed by atoms with Crippen LogP contribution in [0.2, 0.25) is 0 Å². The number of carbonyl (C=O) groups excluding carboxylic acids is 1. The zero-order valence-electron chi connectivity index (χ0n) is 16.8. The molecule has 0 saturated carbocycles. The van der Waals surface area contributed by atoms with Gasteiger partial charge in [0.05, 0.1) is 17.5 Å². The summed E-state index contributed by atoms with van der Waals surface area (Å²) in [7, 11) is 0. The van der Waals surface area contributed by atoms with Crippen molar-refractivity contribution >= 4 is 35.5 Å². The fourth-order valence-corrected chi connectivity index (χ4v) is 5.04. The number of hydrogen-bond acceptors (Lipinski definition) is 3. The van der Waals surface area contributed by atoms with Crippen LogP contribution in [0.3, 0.4) is 0 Å². The van der Waals surface area contributed by atoms with Gasteiger partial charge in [0.2, 0.25) is 6.41 Å². The van der Waals surface area contributed by atoms with Crippen molar-refractivity contribution in [1.29, 1.82) is 0 Å². The molecule has 1 unspecified atom stereocenters. The van der Waals surface area contributed by atoms with Crippen LogP contribution >= 0.6 is 11.8 Å². The Morgan fingerprint density at radius 3 is 2.73 bits per heavy atom. The Bertz CT molecular complexity index is 1130.